The van der Waals surface area contributed by atoms with Gasteiger partial charge in [0.05, 0.1) is 24.4 Å². The fourth-order valence-corrected chi connectivity index (χ4v) is 4.20. The summed E-state index contributed by atoms with van der Waals surface area (Å²) in [4.78, 5) is 21.6. The molecule has 0 aromatic carbocycles. The Bertz CT molecular complexity index is 437. The van der Waals surface area contributed by atoms with Crippen molar-refractivity contribution in [3.05, 3.63) is 0 Å². The van der Waals surface area contributed by atoms with E-state index in [-0.39, 0.29) is 0 Å². The Morgan fingerprint density at radius 2 is 1.12 bits per heavy atom. The van der Waals surface area contributed by atoms with Gasteiger partial charge in [0.2, 0.25) is 0 Å². The van der Waals surface area contributed by atoms with Crippen LogP contribution in [0.3, 0.4) is 0 Å². The zero-order valence-corrected chi connectivity index (χ0v) is 21.4. The fraction of sp³-hybridized carbons (Fsp3) is 1.00. The summed E-state index contributed by atoms with van der Waals surface area (Å²) in [5, 5.41) is 0. The first-order valence-electron chi connectivity index (χ1n) is 13.0. The van der Waals surface area contributed by atoms with E-state index in [2.05, 4.69) is 13.8 Å². The molecule has 0 radical (unpaired) electrons. The molecule has 0 spiro atoms. The lowest BCUT2D eigenvalue weighted by Gasteiger charge is -2.32. The summed E-state index contributed by atoms with van der Waals surface area (Å²) in [5.74, 6) is 0. The highest BCUT2D eigenvalue weighted by Crippen LogP contribution is 2.27. The first-order valence-corrected chi connectivity index (χ1v) is 14.5. The minimum atomic E-state index is -4.64. The summed E-state index contributed by atoms with van der Waals surface area (Å²) in [7, 11) is -4.64. The van der Waals surface area contributed by atoms with Crippen LogP contribution in [0.2, 0.25) is 0 Å². The summed E-state index contributed by atoms with van der Waals surface area (Å²) in [5.41, 5.74) is 0. The van der Waals surface area contributed by atoms with E-state index in [4.69, 9.17) is 33.5 Å². The van der Waals surface area contributed by atoms with Crippen LogP contribution in [0.25, 0.3) is 0 Å². The third-order valence-electron chi connectivity index (χ3n) is 6.35. The van der Waals surface area contributed by atoms with Crippen LogP contribution >= 0.6 is 7.82 Å². The summed E-state index contributed by atoms with van der Waals surface area (Å²) in [6.45, 7) is 6.51. The van der Waals surface area contributed by atoms with Gasteiger partial charge in [-0.3, -0.25) is 0 Å². The molecule has 0 aromatic rings. The van der Waals surface area contributed by atoms with Crippen LogP contribution in [0.4, 0.5) is 0 Å². The van der Waals surface area contributed by atoms with E-state index in [0.29, 0.717) is 24.4 Å². The first kappa shape index (κ1) is 30.0. The monoisotopic (exact) mass is 480 g/mol. The molecule has 192 valence electrons. The standard InChI is InChI=1S/C24H46O3.H3O4P/c1-3-5-7-9-11-23(15-13-21-17-19-25-21)27-24(12-10-8-6-4-2)16-14-22-18-20-26-22;1-5(2,3)4/h21-24H,3-20H2,1-2H3;(H3,1,2,3,4). The first-order chi connectivity index (χ1) is 15.3. The molecule has 2 aliphatic rings. The summed E-state index contributed by atoms with van der Waals surface area (Å²) in [6.07, 6.45) is 22.3. The van der Waals surface area contributed by atoms with Gasteiger partial charge < -0.3 is 28.9 Å². The molecule has 0 aliphatic carbocycles. The van der Waals surface area contributed by atoms with Gasteiger partial charge in [0, 0.05) is 13.2 Å². The van der Waals surface area contributed by atoms with E-state index in [9.17, 15) is 0 Å². The van der Waals surface area contributed by atoms with Gasteiger partial charge >= 0.3 is 7.82 Å². The Labute approximate surface area is 195 Å². The van der Waals surface area contributed by atoms with Crippen LogP contribution in [0.15, 0.2) is 0 Å². The third-order valence-corrected chi connectivity index (χ3v) is 6.35. The number of unbranched alkanes of at least 4 members (excludes halogenated alkanes) is 6. The van der Waals surface area contributed by atoms with E-state index in [0.717, 1.165) is 13.2 Å². The molecule has 4 atom stereocenters. The molecule has 4 unspecified atom stereocenters. The van der Waals surface area contributed by atoms with Crippen molar-refractivity contribution >= 4 is 7.82 Å². The van der Waals surface area contributed by atoms with Crippen molar-refractivity contribution in [2.45, 2.75) is 141 Å². The average molecular weight is 481 g/mol. The maximum absolute atomic E-state index is 8.88. The molecular weight excluding hydrogens is 431 g/mol. The van der Waals surface area contributed by atoms with Gasteiger partial charge in [-0.05, 0) is 51.4 Å². The second-order valence-corrected chi connectivity index (χ2v) is 10.3. The van der Waals surface area contributed by atoms with Crippen molar-refractivity contribution in [1.29, 1.82) is 0 Å². The number of hydrogen-bond acceptors (Lipinski definition) is 4. The van der Waals surface area contributed by atoms with E-state index in [1.54, 1.807) is 0 Å². The zero-order valence-electron chi connectivity index (χ0n) is 20.5. The molecular formula is C24H49O7P. The highest BCUT2D eigenvalue weighted by molar-refractivity contribution is 7.45. The van der Waals surface area contributed by atoms with E-state index in [1.807, 2.05) is 0 Å². The molecule has 3 N–H and O–H groups in total. The van der Waals surface area contributed by atoms with Crippen LogP contribution in [-0.2, 0) is 18.8 Å². The second-order valence-electron chi connectivity index (χ2n) is 9.31. The molecule has 7 nitrogen and oxygen atoms in total. The molecule has 0 amide bonds. The minimum Gasteiger partial charge on any atom is -0.378 e. The number of ether oxygens (including phenoxy) is 3. The minimum absolute atomic E-state index is 0.435. The molecule has 0 saturated carbocycles. The van der Waals surface area contributed by atoms with E-state index < -0.39 is 7.82 Å². The second kappa shape index (κ2) is 18.3. The topological polar surface area (TPSA) is 105 Å². The molecule has 0 bridgehead atoms. The molecule has 8 heteroatoms. The van der Waals surface area contributed by atoms with Gasteiger partial charge in [-0.1, -0.05) is 65.2 Å². The maximum atomic E-state index is 8.88. The summed E-state index contributed by atoms with van der Waals surface area (Å²) in [6, 6.07) is 0. The van der Waals surface area contributed by atoms with Crippen molar-refractivity contribution in [1.82, 2.24) is 0 Å². The SMILES string of the molecule is CCCCCCC(CCC1CCO1)OC(CCCCCC)CCC1CCO1.O=P(O)(O)O. The Kier molecular flexibility index (Phi) is 17.2. The smallest absolute Gasteiger partial charge is 0.378 e. The quantitative estimate of drug-likeness (QED) is 0.166. The van der Waals surface area contributed by atoms with Gasteiger partial charge in [-0.15, -0.1) is 0 Å². The molecule has 2 heterocycles. The maximum Gasteiger partial charge on any atom is 0.466 e. The van der Waals surface area contributed by atoms with Crippen LogP contribution in [-0.4, -0.2) is 52.3 Å². The zero-order chi connectivity index (χ0) is 23.7. The van der Waals surface area contributed by atoms with Crippen LogP contribution in [0.1, 0.15) is 117 Å². The lowest BCUT2D eigenvalue weighted by Crippen LogP contribution is -2.31. The Balaban J connectivity index is 0.000000920. The molecule has 2 saturated heterocycles. The molecule has 2 rings (SSSR count). The normalized spacial score (nSPS) is 22.3. The third kappa shape index (κ3) is 17.5. The summed E-state index contributed by atoms with van der Waals surface area (Å²) >= 11 is 0. The largest absolute Gasteiger partial charge is 0.466 e. The molecule has 2 aliphatic heterocycles. The van der Waals surface area contributed by atoms with Gasteiger partial charge in [0.15, 0.2) is 0 Å². The highest BCUT2D eigenvalue weighted by atomic mass is 31.2. The van der Waals surface area contributed by atoms with Crippen molar-refractivity contribution in [2.24, 2.45) is 0 Å². The fourth-order valence-electron chi connectivity index (χ4n) is 4.20. The molecule has 2 fully saturated rings. The Morgan fingerprint density at radius 1 is 0.750 bits per heavy atom. The van der Waals surface area contributed by atoms with Crippen LogP contribution < -0.4 is 0 Å². The lowest BCUT2D eigenvalue weighted by atomic mass is 9.98. The van der Waals surface area contributed by atoms with E-state index in [1.165, 1.54) is 103 Å². The molecule has 32 heavy (non-hydrogen) atoms. The highest BCUT2D eigenvalue weighted by Gasteiger charge is 2.24. The lowest BCUT2D eigenvalue weighted by molar-refractivity contribution is -0.0860. The number of rotatable bonds is 18. The van der Waals surface area contributed by atoms with Crippen molar-refractivity contribution in [3.8, 4) is 0 Å². The average Bonchev–Trinajstić information content (AvgIpc) is 2.64. The van der Waals surface area contributed by atoms with Gasteiger partial charge in [0.25, 0.3) is 0 Å². The van der Waals surface area contributed by atoms with Crippen molar-refractivity contribution in [2.75, 3.05) is 13.2 Å². The predicted molar refractivity (Wildman–Crippen MR) is 128 cm³/mol. The number of phosphoric acid groups is 1. The predicted octanol–water partition coefficient (Wildman–Crippen LogP) is 5.89. The number of hydrogen-bond donors (Lipinski definition) is 3. The van der Waals surface area contributed by atoms with Crippen LogP contribution in [0, 0.1) is 0 Å². The van der Waals surface area contributed by atoms with Crippen LogP contribution in [0.5, 0.6) is 0 Å². The van der Waals surface area contributed by atoms with Crippen molar-refractivity contribution < 1.29 is 33.5 Å². The van der Waals surface area contributed by atoms with Gasteiger partial charge in [-0.2, -0.15) is 0 Å². The molecule has 0 aromatic heterocycles. The Hall–Kier alpha value is -0.0100. The van der Waals surface area contributed by atoms with Gasteiger partial charge in [-0.25, -0.2) is 4.57 Å². The van der Waals surface area contributed by atoms with Crippen molar-refractivity contribution in [3.63, 3.8) is 0 Å². The van der Waals surface area contributed by atoms with Gasteiger partial charge in [0.1, 0.15) is 0 Å². The Morgan fingerprint density at radius 3 is 1.41 bits per heavy atom. The summed E-state index contributed by atoms with van der Waals surface area (Å²) < 4.78 is 26.9. The van der Waals surface area contributed by atoms with E-state index >= 15 is 0 Å².